The van der Waals surface area contributed by atoms with Gasteiger partial charge in [-0.25, -0.2) is 0 Å². The van der Waals surface area contributed by atoms with Crippen LogP contribution in [0.15, 0.2) is 24.3 Å². The summed E-state index contributed by atoms with van der Waals surface area (Å²) in [5.74, 6) is 1.49. The Morgan fingerprint density at radius 3 is 2.81 bits per heavy atom. The van der Waals surface area contributed by atoms with Crippen LogP contribution in [0.3, 0.4) is 0 Å². The number of alkyl halides is 1. The Morgan fingerprint density at radius 1 is 1.38 bits per heavy atom. The lowest BCUT2D eigenvalue weighted by Crippen LogP contribution is -2.40. The maximum absolute atomic E-state index is 12.4. The van der Waals surface area contributed by atoms with Crippen LogP contribution in [0.4, 0.5) is 0 Å². The number of nitrogens with zero attached hydrogens (tertiary/aromatic N) is 1. The van der Waals surface area contributed by atoms with Gasteiger partial charge < -0.3 is 9.64 Å². The van der Waals surface area contributed by atoms with Crippen LogP contribution in [0, 0.1) is 6.92 Å². The van der Waals surface area contributed by atoms with Gasteiger partial charge >= 0.3 is 0 Å². The summed E-state index contributed by atoms with van der Waals surface area (Å²) in [6, 6.07) is 8.28. The predicted molar refractivity (Wildman–Crippen MR) is 86.0 cm³/mol. The summed E-state index contributed by atoms with van der Waals surface area (Å²) in [7, 11) is 0. The first kappa shape index (κ1) is 16.2. The monoisotopic (exact) mass is 309 g/mol. The van der Waals surface area contributed by atoms with E-state index in [0.717, 1.165) is 24.2 Å². The van der Waals surface area contributed by atoms with Crippen molar-refractivity contribution in [2.24, 2.45) is 0 Å². The predicted octanol–water partition coefficient (Wildman–Crippen LogP) is 3.77. The molecule has 21 heavy (non-hydrogen) atoms. The van der Waals surface area contributed by atoms with Crippen molar-refractivity contribution in [2.75, 3.05) is 19.0 Å². The van der Waals surface area contributed by atoms with Crippen LogP contribution in [0.25, 0.3) is 0 Å². The average Bonchev–Trinajstić information content (AvgIpc) is 2.98. The first-order valence-electron chi connectivity index (χ1n) is 7.75. The Labute approximate surface area is 132 Å². The zero-order chi connectivity index (χ0) is 15.1. The Morgan fingerprint density at radius 2 is 2.14 bits per heavy atom. The summed E-state index contributed by atoms with van der Waals surface area (Å²) in [6.07, 6.45) is 5.08. The summed E-state index contributed by atoms with van der Waals surface area (Å²) < 4.78 is 5.67. The van der Waals surface area contributed by atoms with Gasteiger partial charge in [0.05, 0.1) is 13.0 Å². The highest BCUT2D eigenvalue weighted by atomic mass is 35.5. The lowest BCUT2D eigenvalue weighted by atomic mass is 10.2. The summed E-state index contributed by atoms with van der Waals surface area (Å²) in [6.45, 7) is 3.10. The molecule has 0 bridgehead atoms. The molecule has 1 saturated carbocycles. The third-order valence-corrected chi connectivity index (χ3v) is 4.15. The fourth-order valence-corrected chi connectivity index (χ4v) is 3.10. The lowest BCUT2D eigenvalue weighted by molar-refractivity contribution is -0.133. The zero-order valence-corrected chi connectivity index (χ0v) is 13.4. The maximum atomic E-state index is 12.4. The van der Waals surface area contributed by atoms with Crippen molar-refractivity contribution in [1.29, 1.82) is 0 Å². The topological polar surface area (TPSA) is 29.5 Å². The van der Waals surface area contributed by atoms with E-state index in [-0.39, 0.29) is 5.91 Å². The standard InChI is InChI=1S/C17H24ClNO2/c1-14-5-4-8-16(13-14)21-12-9-17(20)19(11-10-18)15-6-2-3-7-15/h4-5,8,13,15H,2-3,6-7,9-12H2,1H3. The van der Waals surface area contributed by atoms with E-state index < -0.39 is 0 Å². The first-order valence-corrected chi connectivity index (χ1v) is 8.29. The van der Waals surface area contributed by atoms with Crippen LogP contribution in [0.5, 0.6) is 5.75 Å². The van der Waals surface area contributed by atoms with E-state index in [1.807, 2.05) is 36.1 Å². The molecular formula is C17H24ClNO2. The van der Waals surface area contributed by atoms with Crippen molar-refractivity contribution in [1.82, 2.24) is 4.90 Å². The summed E-state index contributed by atoms with van der Waals surface area (Å²) in [5, 5.41) is 0. The summed E-state index contributed by atoms with van der Waals surface area (Å²) in [5.41, 5.74) is 1.16. The Balaban J connectivity index is 1.81. The van der Waals surface area contributed by atoms with Crippen LogP contribution < -0.4 is 4.74 Å². The largest absolute Gasteiger partial charge is 0.493 e. The number of amides is 1. The van der Waals surface area contributed by atoms with E-state index in [4.69, 9.17) is 16.3 Å². The van der Waals surface area contributed by atoms with Crippen molar-refractivity contribution in [3.8, 4) is 5.75 Å². The molecule has 0 spiro atoms. The summed E-state index contributed by atoms with van der Waals surface area (Å²) in [4.78, 5) is 14.3. The molecule has 1 aliphatic rings. The molecule has 1 fully saturated rings. The number of aryl methyl sites for hydroxylation is 1. The molecule has 0 unspecified atom stereocenters. The molecule has 0 aromatic heterocycles. The summed E-state index contributed by atoms with van der Waals surface area (Å²) >= 11 is 5.84. The van der Waals surface area contributed by atoms with Gasteiger partial charge in [-0.3, -0.25) is 4.79 Å². The second kappa shape index (κ2) is 8.28. The van der Waals surface area contributed by atoms with Crippen LogP contribution in [-0.2, 0) is 4.79 Å². The molecule has 0 aliphatic heterocycles. The maximum Gasteiger partial charge on any atom is 0.226 e. The van der Waals surface area contributed by atoms with Gasteiger partial charge in [-0.1, -0.05) is 25.0 Å². The van der Waals surface area contributed by atoms with E-state index >= 15 is 0 Å². The van der Waals surface area contributed by atoms with Gasteiger partial charge in [-0.15, -0.1) is 11.6 Å². The number of carbonyl (C=O) groups is 1. The Kier molecular flexibility index (Phi) is 6.37. The van der Waals surface area contributed by atoms with Gasteiger partial charge in [0, 0.05) is 18.5 Å². The molecule has 0 radical (unpaired) electrons. The molecule has 1 aliphatic carbocycles. The second-order valence-corrected chi connectivity index (χ2v) is 6.01. The number of halogens is 1. The molecule has 0 heterocycles. The van der Waals surface area contributed by atoms with Gasteiger partial charge in [0.2, 0.25) is 5.91 Å². The minimum absolute atomic E-state index is 0.162. The number of hydrogen-bond acceptors (Lipinski definition) is 2. The Bertz CT molecular complexity index is 458. The smallest absolute Gasteiger partial charge is 0.226 e. The molecule has 0 N–H and O–H groups in total. The van der Waals surface area contributed by atoms with Gasteiger partial charge in [-0.05, 0) is 37.5 Å². The van der Waals surface area contributed by atoms with Crippen LogP contribution in [0.1, 0.15) is 37.7 Å². The molecule has 0 saturated heterocycles. The number of rotatable bonds is 7. The van der Waals surface area contributed by atoms with Crippen LogP contribution >= 0.6 is 11.6 Å². The SMILES string of the molecule is Cc1cccc(OCCC(=O)N(CCCl)C2CCCC2)c1. The van der Waals surface area contributed by atoms with E-state index in [2.05, 4.69) is 0 Å². The Hall–Kier alpha value is -1.22. The van der Waals surface area contributed by atoms with Crippen molar-refractivity contribution < 1.29 is 9.53 Å². The van der Waals surface area contributed by atoms with Crippen molar-refractivity contribution >= 4 is 17.5 Å². The van der Waals surface area contributed by atoms with Crippen molar-refractivity contribution in [3.63, 3.8) is 0 Å². The van der Waals surface area contributed by atoms with Crippen molar-refractivity contribution in [3.05, 3.63) is 29.8 Å². The molecule has 0 atom stereocenters. The quantitative estimate of drug-likeness (QED) is 0.717. The van der Waals surface area contributed by atoms with Gasteiger partial charge in [-0.2, -0.15) is 0 Å². The fraction of sp³-hybridized carbons (Fsp3) is 0.588. The highest BCUT2D eigenvalue weighted by Crippen LogP contribution is 2.24. The second-order valence-electron chi connectivity index (χ2n) is 5.63. The van der Waals surface area contributed by atoms with Crippen LogP contribution in [0.2, 0.25) is 0 Å². The fourth-order valence-electron chi connectivity index (χ4n) is 2.92. The molecule has 2 rings (SSSR count). The van der Waals surface area contributed by atoms with E-state index in [9.17, 15) is 4.79 Å². The van der Waals surface area contributed by atoms with Crippen molar-refractivity contribution in [2.45, 2.75) is 45.1 Å². The van der Waals surface area contributed by atoms with E-state index in [1.165, 1.54) is 12.8 Å². The molecule has 1 aromatic rings. The molecule has 116 valence electrons. The highest BCUT2D eigenvalue weighted by molar-refractivity contribution is 6.18. The third kappa shape index (κ3) is 4.92. The van der Waals surface area contributed by atoms with Gasteiger partial charge in [0.1, 0.15) is 5.75 Å². The molecule has 3 nitrogen and oxygen atoms in total. The molecule has 1 aromatic carbocycles. The molecule has 1 amide bonds. The van der Waals surface area contributed by atoms with E-state index in [0.29, 0.717) is 31.5 Å². The lowest BCUT2D eigenvalue weighted by Gasteiger charge is -2.28. The van der Waals surface area contributed by atoms with Gasteiger partial charge in [0.25, 0.3) is 0 Å². The van der Waals surface area contributed by atoms with E-state index in [1.54, 1.807) is 0 Å². The number of benzene rings is 1. The van der Waals surface area contributed by atoms with Gasteiger partial charge in [0.15, 0.2) is 0 Å². The minimum atomic E-state index is 0.162. The third-order valence-electron chi connectivity index (χ3n) is 3.99. The zero-order valence-electron chi connectivity index (χ0n) is 12.7. The molecule has 4 heteroatoms. The average molecular weight is 310 g/mol. The molecular weight excluding hydrogens is 286 g/mol. The number of ether oxygens (including phenoxy) is 1. The number of carbonyl (C=O) groups excluding carboxylic acids is 1. The number of hydrogen-bond donors (Lipinski definition) is 0. The van der Waals surface area contributed by atoms with Crippen LogP contribution in [-0.4, -0.2) is 35.9 Å². The normalized spacial score (nSPS) is 15.1. The highest BCUT2D eigenvalue weighted by Gasteiger charge is 2.25. The first-order chi connectivity index (χ1) is 10.2. The minimum Gasteiger partial charge on any atom is -0.493 e.